The van der Waals surface area contributed by atoms with Crippen molar-refractivity contribution in [2.45, 2.75) is 38.2 Å². The van der Waals surface area contributed by atoms with E-state index in [4.69, 9.17) is 9.47 Å². The highest BCUT2D eigenvalue weighted by molar-refractivity contribution is 7.99. The highest BCUT2D eigenvalue weighted by Gasteiger charge is 2.24. The first kappa shape index (κ1) is 12.6. The molecule has 1 heterocycles. The molecule has 86 valence electrons. The summed E-state index contributed by atoms with van der Waals surface area (Å²) in [6.45, 7) is 7.97. The van der Waals surface area contributed by atoms with Crippen molar-refractivity contribution in [2.75, 3.05) is 12.4 Å². The minimum Gasteiger partial charge on any atom is -0.462 e. The molecule has 0 aromatic carbocycles. The van der Waals surface area contributed by atoms with Gasteiger partial charge in [-0.05, 0) is 6.92 Å². The standard InChI is InChI=1S/C11H18O3S/c1-8(2)7-15-11-6-10(4-5-13-11)14-9(3)12/h10-11H,1,4-7H2,2-3H3. The summed E-state index contributed by atoms with van der Waals surface area (Å²) < 4.78 is 10.7. The first-order valence-corrected chi connectivity index (χ1v) is 6.17. The number of carbonyl (C=O) groups is 1. The normalized spacial score (nSPS) is 26.0. The van der Waals surface area contributed by atoms with Gasteiger partial charge in [0.1, 0.15) is 11.5 Å². The quantitative estimate of drug-likeness (QED) is 0.548. The minimum atomic E-state index is -0.203. The van der Waals surface area contributed by atoms with Gasteiger partial charge in [0.05, 0.1) is 6.61 Å². The van der Waals surface area contributed by atoms with Gasteiger partial charge in [-0.15, -0.1) is 11.8 Å². The van der Waals surface area contributed by atoms with Crippen molar-refractivity contribution in [1.29, 1.82) is 0 Å². The maximum atomic E-state index is 10.8. The average molecular weight is 230 g/mol. The molecule has 2 unspecified atom stereocenters. The number of ether oxygens (including phenoxy) is 2. The maximum absolute atomic E-state index is 10.8. The van der Waals surface area contributed by atoms with E-state index in [1.165, 1.54) is 6.92 Å². The summed E-state index contributed by atoms with van der Waals surface area (Å²) in [7, 11) is 0. The van der Waals surface area contributed by atoms with Crippen molar-refractivity contribution >= 4 is 17.7 Å². The third-order valence-electron chi connectivity index (χ3n) is 2.05. The van der Waals surface area contributed by atoms with E-state index in [0.717, 1.165) is 24.2 Å². The number of rotatable bonds is 4. The summed E-state index contributed by atoms with van der Waals surface area (Å²) in [5.74, 6) is 0.697. The minimum absolute atomic E-state index is 0.0267. The number of hydrogen-bond acceptors (Lipinski definition) is 4. The molecule has 0 radical (unpaired) electrons. The van der Waals surface area contributed by atoms with Gasteiger partial charge in [-0.2, -0.15) is 0 Å². The molecule has 1 aliphatic rings. The zero-order valence-electron chi connectivity index (χ0n) is 9.32. The molecular weight excluding hydrogens is 212 g/mol. The average Bonchev–Trinajstić information content (AvgIpc) is 2.14. The topological polar surface area (TPSA) is 35.5 Å². The summed E-state index contributed by atoms with van der Waals surface area (Å²) in [5.41, 5.74) is 1.28. The van der Waals surface area contributed by atoms with Gasteiger partial charge < -0.3 is 9.47 Å². The third-order valence-corrected chi connectivity index (χ3v) is 3.41. The van der Waals surface area contributed by atoms with Crippen LogP contribution >= 0.6 is 11.8 Å². The van der Waals surface area contributed by atoms with Crippen molar-refractivity contribution in [3.8, 4) is 0 Å². The van der Waals surface area contributed by atoms with Crippen LogP contribution in [0.1, 0.15) is 26.7 Å². The molecule has 0 N–H and O–H groups in total. The number of hydrogen-bond donors (Lipinski definition) is 0. The van der Waals surface area contributed by atoms with Gasteiger partial charge in [0.15, 0.2) is 0 Å². The van der Waals surface area contributed by atoms with Crippen molar-refractivity contribution < 1.29 is 14.3 Å². The fourth-order valence-electron chi connectivity index (χ4n) is 1.42. The third kappa shape index (κ3) is 5.23. The zero-order valence-corrected chi connectivity index (χ0v) is 10.1. The van der Waals surface area contributed by atoms with Crippen LogP contribution in [0.25, 0.3) is 0 Å². The molecule has 1 aliphatic heterocycles. The van der Waals surface area contributed by atoms with E-state index >= 15 is 0 Å². The SMILES string of the molecule is C=C(C)CSC1CC(OC(C)=O)CCO1. The van der Waals surface area contributed by atoms with Crippen LogP contribution < -0.4 is 0 Å². The van der Waals surface area contributed by atoms with Crippen LogP contribution in [0.5, 0.6) is 0 Å². The van der Waals surface area contributed by atoms with Crippen molar-refractivity contribution in [3.05, 3.63) is 12.2 Å². The van der Waals surface area contributed by atoms with Crippen LogP contribution in [0.2, 0.25) is 0 Å². The highest BCUT2D eigenvalue weighted by atomic mass is 32.2. The maximum Gasteiger partial charge on any atom is 0.302 e. The Morgan fingerprint density at radius 1 is 1.60 bits per heavy atom. The molecule has 1 rings (SSSR count). The van der Waals surface area contributed by atoms with Gasteiger partial charge in [-0.1, -0.05) is 12.2 Å². The summed E-state index contributed by atoms with van der Waals surface area (Å²) in [5, 5.41) is 0. The van der Waals surface area contributed by atoms with Crippen LogP contribution in [0, 0.1) is 0 Å². The Bertz CT molecular complexity index is 240. The molecule has 4 heteroatoms. The highest BCUT2D eigenvalue weighted by Crippen LogP contribution is 2.26. The van der Waals surface area contributed by atoms with Gasteiger partial charge in [-0.3, -0.25) is 4.79 Å². The summed E-state index contributed by atoms with van der Waals surface area (Å²) in [6.07, 6.45) is 1.63. The second kappa shape index (κ2) is 6.18. The molecule has 0 aromatic heterocycles. The summed E-state index contributed by atoms with van der Waals surface area (Å²) >= 11 is 1.72. The van der Waals surface area contributed by atoms with Crippen molar-refractivity contribution in [3.63, 3.8) is 0 Å². The molecule has 0 bridgehead atoms. The zero-order chi connectivity index (χ0) is 11.3. The van der Waals surface area contributed by atoms with E-state index in [9.17, 15) is 4.79 Å². The monoisotopic (exact) mass is 230 g/mol. The lowest BCUT2D eigenvalue weighted by Gasteiger charge is -2.28. The van der Waals surface area contributed by atoms with E-state index < -0.39 is 0 Å². The number of esters is 1. The van der Waals surface area contributed by atoms with Crippen LogP contribution in [-0.2, 0) is 14.3 Å². The van der Waals surface area contributed by atoms with E-state index in [1.807, 2.05) is 6.92 Å². The molecule has 1 fully saturated rings. The van der Waals surface area contributed by atoms with Gasteiger partial charge in [0.2, 0.25) is 0 Å². The first-order chi connectivity index (χ1) is 7.08. The Labute approximate surface area is 95.2 Å². The van der Waals surface area contributed by atoms with Crippen molar-refractivity contribution in [1.82, 2.24) is 0 Å². The summed E-state index contributed by atoms with van der Waals surface area (Å²) in [4.78, 5) is 10.8. The molecule has 0 saturated carbocycles. The molecular formula is C11H18O3S. The van der Waals surface area contributed by atoms with Gasteiger partial charge in [-0.25, -0.2) is 0 Å². The van der Waals surface area contributed by atoms with Gasteiger partial charge in [0.25, 0.3) is 0 Å². The smallest absolute Gasteiger partial charge is 0.302 e. The molecule has 0 aromatic rings. The molecule has 15 heavy (non-hydrogen) atoms. The van der Waals surface area contributed by atoms with Crippen LogP contribution in [0.4, 0.5) is 0 Å². The van der Waals surface area contributed by atoms with Crippen LogP contribution in [-0.4, -0.2) is 29.9 Å². The summed E-state index contributed by atoms with van der Waals surface area (Å²) in [6, 6.07) is 0. The molecule has 2 atom stereocenters. The largest absolute Gasteiger partial charge is 0.462 e. The Morgan fingerprint density at radius 2 is 2.33 bits per heavy atom. The Morgan fingerprint density at radius 3 is 2.93 bits per heavy atom. The lowest BCUT2D eigenvalue weighted by atomic mass is 10.1. The Kier molecular flexibility index (Phi) is 5.19. The van der Waals surface area contributed by atoms with E-state index in [-0.39, 0.29) is 17.5 Å². The Hall–Kier alpha value is -0.480. The van der Waals surface area contributed by atoms with Gasteiger partial charge >= 0.3 is 5.97 Å². The van der Waals surface area contributed by atoms with Crippen LogP contribution in [0.15, 0.2) is 12.2 Å². The van der Waals surface area contributed by atoms with Crippen molar-refractivity contribution in [2.24, 2.45) is 0 Å². The fraction of sp³-hybridized carbons (Fsp3) is 0.727. The second-order valence-corrected chi connectivity index (χ2v) is 4.97. The van der Waals surface area contributed by atoms with Gasteiger partial charge in [0, 0.05) is 25.5 Å². The predicted octanol–water partition coefficient (Wildman–Crippen LogP) is 2.36. The molecule has 0 spiro atoms. The second-order valence-electron chi connectivity index (χ2n) is 3.82. The molecule has 1 saturated heterocycles. The number of carbonyl (C=O) groups excluding carboxylic acids is 1. The van der Waals surface area contributed by atoms with E-state index in [1.54, 1.807) is 11.8 Å². The van der Waals surface area contributed by atoms with E-state index in [0.29, 0.717) is 6.61 Å². The molecule has 0 amide bonds. The first-order valence-electron chi connectivity index (χ1n) is 5.12. The number of thioether (sulfide) groups is 1. The molecule has 3 nitrogen and oxygen atoms in total. The molecule has 0 aliphatic carbocycles. The van der Waals surface area contributed by atoms with Crippen LogP contribution in [0.3, 0.4) is 0 Å². The fourth-order valence-corrected chi connectivity index (χ4v) is 2.44. The Balaban J connectivity index is 2.28. The lowest BCUT2D eigenvalue weighted by molar-refractivity contribution is -0.151. The lowest BCUT2D eigenvalue weighted by Crippen LogP contribution is -2.30. The van der Waals surface area contributed by atoms with E-state index in [2.05, 4.69) is 6.58 Å². The predicted molar refractivity (Wildman–Crippen MR) is 61.8 cm³/mol.